The highest BCUT2D eigenvalue weighted by Gasteiger charge is 2.23. The van der Waals surface area contributed by atoms with Gasteiger partial charge in [0.05, 0.1) is 6.04 Å². The summed E-state index contributed by atoms with van der Waals surface area (Å²) < 4.78 is 0. The molecule has 2 atom stereocenters. The van der Waals surface area contributed by atoms with E-state index in [9.17, 15) is 0 Å². The van der Waals surface area contributed by atoms with Crippen LogP contribution in [0.25, 0.3) is 0 Å². The lowest BCUT2D eigenvalue weighted by Crippen LogP contribution is -2.02. The zero-order valence-corrected chi connectivity index (χ0v) is 12.7. The summed E-state index contributed by atoms with van der Waals surface area (Å²) in [6.07, 6.45) is 2.33. The van der Waals surface area contributed by atoms with Crippen LogP contribution in [0.15, 0.2) is 30.3 Å². The Kier molecular flexibility index (Phi) is 3.36. The molecule has 0 spiro atoms. The maximum absolute atomic E-state index is 3.66. The Morgan fingerprint density at radius 3 is 2.84 bits per heavy atom. The third-order valence-corrected chi connectivity index (χ3v) is 5.28. The van der Waals surface area contributed by atoms with E-state index in [4.69, 9.17) is 0 Å². The highest BCUT2D eigenvalue weighted by Crippen LogP contribution is 2.38. The number of aryl methyl sites for hydroxylation is 1. The van der Waals surface area contributed by atoms with Crippen molar-refractivity contribution in [2.45, 2.75) is 45.6 Å². The molecule has 0 amide bonds. The molecular weight excluding hydrogens is 250 g/mol. The van der Waals surface area contributed by atoms with Gasteiger partial charge in [-0.3, -0.25) is 0 Å². The van der Waals surface area contributed by atoms with Gasteiger partial charge in [0.15, 0.2) is 0 Å². The molecule has 3 rings (SSSR count). The van der Waals surface area contributed by atoms with Crippen LogP contribution in [0.5, 0.6) is 0 Å². The van der Waals surface area contributed by atoms with E-state index in [1.54, 1.807) is 0 Å². The SMILES string of the molecule is CCC(C)c1ccc2c(c1)CC(c1ccc(C)s1)N2. The van der Waals surface area contributed by atoms with Crippen molar-refractivity contribution in [2.75, 3.05) is 5.32 Å². The van der Waals surface area contributed by atoms with Crippen molar-refractivity contribution < 1.29 is 0 Å². The molecule has 0 radical (unpaired) electrons. The van der Waals surface area contributed by atoms with E-state index in [1.807, 2.05) is 11.3 Å². The molecule has 1 nitrogen and oxygen atoms in total. The Labute approximate surface area is 119 Å². The highest BCUT2D eigenvalue weighted by atomic mass is 32.1. The molecule has 100 valence electrons. The second kappa shape index (κ2) is 5.01. The summed E-state index contributed by atoms with van der Waals surface area (Å²) in [6.45, 7) is 6.74. The van der Waals surface area contributed by atoms with Crippen LogP contribution < -0.4 is 5.32 Å². The van der Waals surface area contributed by atoms with Gasteiger partial charge in [-0.15, -0.1) is 11.3 Å². The molecule has 19 heavy (non-hydrogen) atoms. The van der Waals surface area contributed by atoms with Gasteiger partial charge in [-0.2, -0.15) is 0 Å². The van der Waals surface area contributed by atoms with Crippen LogP contribution in [0.2, 0.25) is 0 Å². The lowest BCUT2D eigenvalue weighted by molar-refractivity contribution is 0.732. The minimum absolute atomic E-state index is 0.473. The first-order valence-electron chi connectivity index (χ1n) is 7.13. The van der Waals surface area contributed by atoms with E-state index in [0.29, 0.717) is 12.0 Å². The fraction of sp³-hybridized carbons (Fsp3) is 0.412. The lowest BCUT2D eigenvalue weighted by Gasteiger charge is -2.10. The Balaban J connectivity index is 1.84. The molecule has 2 aromatic rings. The molecule has 2 unspecified atom stereocenters. The summed E-state index contributed by atoms with van der Waals surface area (Å²) in [7, 11) is 0. The predicted molar refractivity (Wildman–Crippen MR) is 84.3 cm³/mol. The van der Waals surface area contributed by atoms with Crippen molar-refractivity contribution in [3.05, 3.63) is 51.2 Å². The predicted octanol–water partition coefficient (Wildman–Crippen LogP) is 5.28. The summed E-state index contributed by atoms with van der Waals surface area (Å²) in [5, 5.41) is 3.66. The quantitative estimate of drug-likeness (QED) is 0.801. The maximum Gasteiger partial charge on any atom is 0.0647 e. The smallest absolute Gasteiger partial charge is 0.0647 e. The number of fused-ring (bicyclic) bond motifs is 1. The number of thiophene rings is 1. The standard InChI is InChI=1S/C17H21NS/c1-4-11(2)13-6-7-15-14(9-13)10-16(18-15)17-8-5-12(3)19-17/h5-9,11,16,18H,4,10H2,1-3H3. The fourth-order valence-electron chi connectivity index (χ4n) is 2.74. The van der Waals surface area contributed by atoms with Crippen LogP contribution >= 0.6 is 11.3 Å². The van der Waals surface area contributed by atoms with E-state index in [-0.39, 0.29) is 0 Å². The van der Waals surface area contributed by atoms with Crippen molar-refractivity contribution in [1.82, 2.24) is 0 Å². The van der Waals surface area contributed by atoms with E-state index in [1.165, 1.54) is 33.0 Å². The van der Waals surface area contributed by atoms with Crippen molar-refractivity contribution in [1.29, 1.82) is 0 Å². The Bertz CT molecular complexity index is 585. The lowest BCUT2D eigenvalue weighted by atomic mass is 9.95. The molecule has 1 N–H and O–H groups in total. The summed E-state index contributed by atoms with van der Waals surface area (Å²) >= 11 is 1.91. The molecule has 1 aromatic carbocycles. The molecule has 2 heteroatoms. The molecule has 1 aliphatic heterocycles. The zero-order chi connectivity index (χ0) is 13.4. The van der Waals surface area contributed by atoms with E-state index in [0.717, 1.165) is 6.42 Å². The van der Waals surface area contributed by atoms with Crippen LogP contribution in [0.3, 0.4) is 0 Å². The van der Waals surface area contributed by atoms with Crippen LogP contribution in [0.4, 0.5) is 5.69 Å². The number of nitrogens with one attached hydrogen (secondary N) is 1. The molecule has 0 bridgehead atoms. The number of rotatable bonds is 3. The number of benzene rings is 1. The van der Waals surface area contributed by atoms with Crippen molar-refractivity contribution >= 4 is 17.0 Å². The van der Waals surface area contributed by atoms with Crippen molar-refractivity contribution in [3.63, 3.8) is 0 Å². The number of hydrogen-bond donors (Lipinski definition) is 1. The fourth-order valence-corrected chi connectivity index (χ4v) is 3.67. The molecule has 2 heterocycles. The Hall–Kier alpha value is -1.28. The highest BCUT2D eigenvalue weighted by molar-refractivity contribution is 7.12. The third kappa shape index (κ3) is 2.42. The van der Waals surface area contributed by atoms with Gasteiger partial charge in [0.25, 0.3) is 0 Å². The first-order valence-corrected chi connectivity index (χ1v) is 7.94. The van der Waals surface area contributed by atoms with E-state index < -0.39 is 0 Å². The average molecular weight is 271 g/mol. The van der Waals surface area contributed by atoms with Gasteiger partial charge < -0.3 is 5.32 Å². The molecular formula is C17H21NS. The molecule has 1 aromatic heterocycles. The van der Waals surface area contributed by atoms with Crippen LogP contribution in [0.1, 0.15) is 53.1 Å². The van der Waals surface area contributed by atoms with Crippen molar-refractivity contribution in [2.24, 2.45) is 0 Å². The topological polar surface area (TPSA) is 12.0 Å². The van der Waals surface area contributed by atoms with Gasteiger partial charge in [0.2, 0.25) is 0 Å². The second-order valence-electron chi connectivity index (χ2n) is 5.58. The minimum Gasteiger partial charge on any atom is -0.377 e. The first-order chi connectivity index (χ1) is 9.17. The number of hydrogen-bond acceptors (Lipinski definition) is 2. The van der Waals surface area contributed by atoms with Gasteiger partial charge in [0, 0.05) is 15.4 Å². The Morgan fingerprint density at radius 1 is 1.32 bits per heavy atom. The van der Waals surface area contributed by atoms with Gasteiger partial charge in [-0.05, 0) is 55.0 Å². The molecule has 0 fully saturated rings. The molecule has 0 saturated heterocycles. The minimum atomic E-state index is 0.473. The second-order valence-corrected chi connectivity index (χ2v) is 6.89. The number of anilines is 1. The van der Waals surface area contributed by atoms with E-state index >= 15 is 0 Å². The van der Waals surface area contributed by atoms with Gasteiger partial charge in [-0.25, -0.2) is 0 Å². The van der Waals surface area contributed by atoms with Crippen LogP contribution in [-0.4, -0.2) is 0 Å². The van der Waals surface area contributed by atoms with Crippen LogP contribution in [0, 0.1) is 6.92 Å². The molecule has 1 aliphatic rings. The van der Waals surface area contributed by atoms with E-state index in [2.05, 4.69) is 56.4 Å². The molecule has 0 saturated carbocycles. The van der Waals surface area contributed by atoms with Crippen LogP contribution in [-0.2, 0) is 6.42 Å². The third-order valence-electron chi connectivity index (χ3n) is 4.17. The zero-order valence-electron chi connectivity index (χ0n) is 11.9. The first kappa shape index (κ1) is 12.7. The summed E-state index contributed by atoms with van der Waals surface area (Å²) in [6, 6.07) is 11.9. The summed E-state index contributed by atoms with van der Waals surface area (Å²) in [5.74, 6) is 0.660. The average Bonchev–Trinajstić information content (AvgIpc) is 3.02. The summed E-state index contributed by atoms with van der Waals surface area (Å²) in [4.78, 5) is 2.85. The maximum atomic E-state index is 3.66. The van der Waals surface area contributed by atoms with Crippen molar-refractivity contribution in [3.8, 4) is 0 Å². The normalized spacial score (nSPS) is 19.0. The van der Waals surface area contributed by atoms with Gasteiger partial charge >= 0.3 is 0 Å². The van der Waals surface area contributed by atoms with Gasteiger partial charge in [0.1, 0.15) is 0 Å². The Morgan fingerprint density at radius 2 is 2.16 bits per heavy atom. The molecule has 0 aliphatic carbocycles. The summed E-state index contributed by atoms with van der Waals surface area (Å²) in [5.41, 5.74) is 4.28. The monoisotopic (exact) mass is 271 g/mol. The van der Waals surface area contributed by atoms with Gasteiger partial charge in [-0.1, -0.05) is 26.0 Å². The largest absolute Gasteiger partial charge is 0.377 e.